The van der Waals surface area contributed by atoms with Crippen molar-refractivity contribution in [1.29, 1.82) is 0 Å². The maximum Gasteiger partial charge on any atom is 0.338 e. The summed E-state index contributed by atoms with van der Waals surface area (Å²) in [5, 5.41) is 3.28. The summed E-state index contributed by atoms with van der Waals surface area (Å²) in [6.45, 7) is 0. The molecule has 0 saturated carbocycles. The Morgan fingerprint density at radius 1 is 1.09 bits per heavy atom. The number of imidazole rings is 1. The number of nitrogen functional groups attached to an aromatic ring is 1. The molecule has 0 atom stereocenters. The first-order chi connectivity index (χ1) is 11.1. The van der Waals surface area contributed by atoms with Crippen LogP contribution in [0.4, 0.5) is 16.4 Å². The lowest BCUT2D eigenvalue weighted by molar-refractivity contribution is 0.260. The van der Waals surface area contributed by atoms with Gasteiger partial charge in [0.05, 0.1) is 11.9 Å². The summed E-state index contributed by atoms with van der Waals surface area (Å²) >= 11 is 5.80. The topological polar surface area (TPSA) is 85.0 Å². The molecule has 0 bridgehead atoms. The molecule has 0 unspecified atom stereocenters. The predicted octanol–water partition coefficient (Wildman–Crippen LogP) is 3.56. The van der Waals surface area contributed by atoms with Gasteiger partial charge < -0.3 is 11.1 Å². The fraction of sp³-hybridized carbons (Fsp3) is 0. The first-order valence-corrected chi connectivity index (χ1v) is 7.23. The van der Waals surface area contributed by atoms with Gasteiger partial charge in [0.25, 0.3) is 0 Å². The first kappa shape index (κ1) is 14.9. The van der Waals surface area contributed by atoms with Crippen LogP contribution in [-0.2, 0) is 0 Å². The maximum absolute atomic E-state index is 12.0. The number of urea groups is 1. The van der Waals surface area contributed by atoms with Crippen LogP contribution in [0.3, 0.4) is 0 Å². The molecule has 2 aromatic carbocycles. The van der Waals surface area contributed by atoms with E-state index in [0.29, 0.717) is 16.4 Å². The number of nitrogens with one attached hydrogen (secondary N) is 2. The zero-order valence-electron chi connectivity index (χ0n) is 12.0. The molecular formula is C16H14ClN5O. The van der Waals surface area contributed by atoms with Crippen molar-refractivity contribution in [2.24, 2.45) is 0 Å². The van der Waals surface area contributed by atoms with Crippen LogP contribution in [0.15, 0.2) is 60.8 Å². The van der Waals surface area contributed by atoms with E-state index in [-0.39, 0.29) is 5.95 Å². The predicted molar refractivity (Wildman–Crippen MR) is 91.9 cm³/mol. The minimum absolute atomic E-state index is 0.190. The van der Waals surface area contributed by atoms with Crippen LogP contribution >= 0.6 is 11.6 Å². The number of carbonyl (C=O) groups is 1. The van der Waals surface area contributed by atoms with Crippen LogP contribution in [0.1, 0.15) is 0 Å². The Morgan fingerprint density at radius 3 is 2.48 bits per heavy atom. The minimum Gasteiger partial charge on any atom is -0.368 e. The van der Waals surface area contributed by atoms with E-state index in [9.17, 15) is 4.79 Å². The number of rotatable bonds is 3. The second-order valence-electron chi connectivity index (χ2n) is 4.79. The summed E-state index contributed by atoms with van der Waals surface area (Å²) < 4.78 is 1.37. The number of amides is 2. The van der Waals surface area contributed by atoms with Crippen molar-refractivity contribution in [3.8, 4) is 11.3 Å². The highest BCUT2D eigenvalue weighted by molar-refractivity contribution is 6.30. The molecule has 6 nitrogen and oxygen atoms in total. The molecule has 7 heteroatoms. The molecule has 0 aliphatic rings. The number of hydrogen-bond donors (Lipinski definition) is 3. The highest BCUT2D eigenvalue weighted by Gasteiger charge is 2.09. The molecule has 0 spiro atoms. The van der Waals surface area contributed by atoms with Gasteiger partial charge >= 0.3 is 6.03 Å². The lowest BCUT2D eigenvalue weighted by Gasteiger charge is -2.08. The summed E-state index contributed by atoms with van der Waals surface area (Å²) in [7, 11) is 0. The summed E-state index contributed by atoms with van der Waals surface area (Å²) in [6.07, 6.45) is 1.66. The van der Waals surface area contributed by atoms with Gasteiger partial charge in [-0.05, 0) is 24.3 Å². The number of nitrogens with two attached hydrogens (primary N) is 1. The van der Waals surface area contributed by atoms with E-state index in [2.05, 4.69) is 15.7 Å². The van der Waals surface area contributed by atoms with Crippen molar-refractivity contribution < 1.29 is 4.79 Å². The number of nitrogens with zero attached hydrogens (tertiary/aromatic N) is 2. The normalized spacial score (nSPS) is 10.3. The second-order valence-corrected chi connectivity index (χ2v) is 5.23. The highest BCUT2D eigenvalue weighted by atomic mass is 35.5. The number of benzene rings is 2. The molecule has 23 heavy (non-hydrogen) atoms. The van der Waals surface area contributed by atoms with E-state index in [1.165, 1.54) is 4.68 Å². The van der Waals surface area contributed by atoms with E-state index in [1.54, 1.807) is 30.5 Å². The summed E-state index contributed by atoms with van der Waals surface area (Å²) in [4.78, 5) is 16.2. The Hall–Kier alpha value is -2.99. The first-order valence-electron chi connectivity index (χ1n) is 6.86. The van der Waals surface area contributed by atoms with Crippen LogP contribution in [0.2, 0.25) is 5.02 Å². The second kappa shape index (κ2) is 6.41. The highest BCUT2D eigenvalue weighted by Crippen LogP contribution is 2.18. The molecule has 0 aliphatic carbocycles. The van der Waals surface area contributed by atoms with Gasteiger partial charge in [-0.2, -0.15) is 0 Å². The lowest BCUT2D eigenvalue weighted by atomic mass is 10.2. The molecule has 4 N–H and O–H groups in total. The van der Waals surface area contributed by atoms with Gasteiger partial charge in [0.15, 0.2) is 0 Å². The van der Waals surface area contributed by atoms with Crippen LogP contribution < -0.4 is 16.5 Å². The van der Waals surface area contributed by atoms with Crippen LogP contribution in [0, 0.1) is 0 Å². The van der Waals surface area contributed by atoms with Gasteiger partial charge in [-0.1, -0.05) is 41.9 Å². The number of anilines is 2. The van der Waals surface area contributed by atoms with Crippen LogP contribution in [0.25, 0.3) is 11.3 Å². The Bertz CT molecular complexity index is 814. The van der Waals surface area contributed by atoms with Gasteiger partial charge in [0, 0.05) is 16.3 Å². The van der Waals surface area contributed by atoms with Crippen molar-refractivity contribution in [2.75, 3.05) is 16.5 Å². The summed E-state index contributed by atoms with van der Waals surface area (Å²) in [5.74, 6) is 0.190. The molecule has 0 aliphatic heterocycles. The Morgan fingerprint density at radius 2 is 1.78 bits per heavy atom. The fourth-order valence-electron chi connectivity index (χ4n) is 2.03. The number of halogens is 1. The van der Waals surface area contributed by atoms with E-state index in [4.69, 9.17) is 17.3 Å². The zero-order chi connectivity index (χ0) is 16.2. The van der Waals surface area contributed by atoms with Gasteiger partial charge in [-0.25, -0.2) is 19.9 Å². The molecular weight excluding hydrogens is 314 g/mol. The molecule has 116 valence electrons. The van der Waals surface area contributed by atoms with Crippen LogP contribution in [-0.4, -0.2) is 15.7 Å². The van der Waals surface area contributed by atoms with Crippen molar-refractivity contribution in [3.63, 3.8) is 0 Å². The Balaban J connectivity index is 1.71. The van der Waals surface area contributed by atoms with Crippen molar-refractivity contribution in [2.45, 2.75) is 0 Å². The van der Waals surface area contributed by atoms with E-state index in [1.807, 2.05) is 30.3 Å². The van der Waals surface area contributed by atoms with E-state index < -0.39 is 6.03 Å². The van der Waals surface area contributed by atoms with Crippen molar-refractivity contribution >= 4 is 29.3 Å². The average molecular weight is 328 g/mol. The molecule has 1 heterocycles. The zero-order valence-corrected chi connectivity index (χ0v) is 12.8. The van der Waals surface area contributed by atoms with Gasteiger partial charge in [-0.3, -0.25) is 0 Å². The monoisotopic (exact) mass is 327 g/mol. The standard InChI is InChI=1S/C16H14ClN5O/c17-12-6-8-13(9-7-12)19-16(23)21-22-10-14(20-15(22)18)11-4-2-1-3-5-11/h1-10H,(H2,18,20)(H2,19,21,23). The Labute approximate surface area is 137 Å². The molecule has 0 saturated heterocycles. The Kier molecular flexibility index (Phi) is 4.16. The molecule has 0 radical (unpaired) electrons. The molecule has 0 fully saturated rings. The molecule has 3 rings (SSSR count). The third-order valence-corrected chi connectivity index (χ3v) is 3.38. The average Bonchev–Trinajstić information content (AvgIpc) is 2.91. The minimum atomic E-state index is -0.434. The third kappa shape index (κ3) is 3.61. The molecule has 2 amide bonds. The largest absolute Gasteiger partial charge is 0.368 e. The number of aromatic nitrogens is 2. The maximum atomic E-state index is 12.0. The van der Waals surface area contributed by atoms with Crippen molar-refractivity contribution in [1.82, 2.24) is 9.66 Å². The van der Waals surface area contributed by atoms with Gasteiger partial charge in [0.1, 0.15) is 0 Å². The van der Waals surface area contributed by atoms with E-state index in [0.717, 1.165) is 5.56 Å². The summed E-state index contributed by atoms with van der Waals surface area (Å²) in [6, 6.07) is 15.9. The molecule has 1 aromatic heterocycles. The van der Waals surface area contributed by atoms with Gasteiger partial charge in [-0.15, -0.1) is 0 Å². The summed E-state index contributed by atoms with van der Waals surface area (Å²) in [5.41, 5.74) is 10.7. The SMILES string of the molecule is Nc1nc(-c2ccccc2)cn1NC(=O)Nc1ccc(Cl)cc1. The third-order valence-electron chi connectivity index (χ3n) is 3.13. The quantitative estimate of drug-likeness (QED) is 0.687. The number of carbonyl (C=O) groups excluding carboxylic acids is 1. The number of hydrogen-bond acceptors (Lipinski definition) is 3. The van der Waals surface area contributed by atoms with Crippen molar-refractivity contribution in [3.05, 3.63) is 65.8 Å². The van der Waals surface area contributed by atoms with Gasteiger partial charge in [0.2, 0.25) is 5.95 Å². The van der Waals surface area contributed by atoms with E-state index >= 15 is 0 Å². The lowest BCUT2D eigenvalue weighted by Crippen LogP contribution is -2.28. The smallest absolute Gasteiger partial charge is 0.338 e. The molecule has 3 aromatic rings. The van der Waals surface area contributed by atoms with Crippen LogP contribution in [0.5, 0.6) is 0 Å². The fourth-order valence-corrected chi connectivity index (χ4v) is 2.16.